The van der Waals surface area contributed by atoms with E-state index in [2.05, 4.69) is 9.97 Å². The van der Waals surface area contributed by atoms with E-state index < -0.39 is 17.5 Å². The van der Waals surface area contributed by atoms with Gasteiger partial charge in [0.1, 0.15) is 11.6 Å². The summed E-state index contributed by atoms with van der Waals surface area (Å²) in [7, 11) is 0. The van der Waals surface area contributed by atoms with Gasteiger partial charge >= 0.3 is 0 Å². The van der Waals surface area contributed by atoms with Gasteiger partial charge in [-0.1, -0.05) is 23.5 Å². The Morgan fingerprint density at radius 2 is 2.10 bits per heavy atom. The van der Waals surface area contributed by atoms with Gasteiger partial charge in [-0.3, -0.25) is 9.69 Å². The first kappa shape index (κ1) is 19.2. The fraction of sp³-hybridized carbons (Fsp3) is 0.190. The average Bonchev–Trinajstić information content (AvgIpc) is 3.35. The monoisotopic (exact) mass is 412 g/mol. The summed E-state index contributed by atoms with van der Waals surface area (Å²) in [6.45, 7) is 2.95. The normalized spacial score (nSPS) is 11.1. The van der Waals surface area contributed by atoms with Crippen molar-refractivity contribution in [2.24, 2.45) is 0 Å². The minimum atomic E-state index is -0.882. The van der Waals surface area contributed by atoms with Gasteiger partial charge < -0.3 is 4.57 Å². The van der Waals surface area contributed by atoms with Crippen LogP contribution in [0.5, 0.6) is 0 Å². The minimum Gasteiger partial charge on any atom is -0.337 e. The number of thiazole rings is 1. The molecule has 8 heteroatoms. The van der Waals surface area contributed by atoms with E-state index in [4.69, 9.17) is 0 Å². The number of imidazole rings is 1. The predicted molar refractivity (Wildman–Crippen MR) is 109 cm³/mol. The molecule has 2 aromatic heterocycles. The van der Waals surface area contributed by atoms with Gasteiger partial charge in [0, 0.05) is 31.5 Å². The van der Waals surface area contributed by atoms with Gasteiger partial charge in [-0.2, -0.15) is 0 Å². The number of fused-ring (bicyclic) bond motifs is 1. The average molecular weight is 412 g/mol. The van der Waals surface area contributed by atoms with Gasteiger partial charge in [-0.15, -0.1) is 0 Å². The number of anilines is 1. The van der Waals surface area contributed by atoms with Gasteiger partial charge in [-0.05, 0) is 37.1 Å². The number of rotatable bonds is 6. The molecule has 5 nitrogen and oxygen atoms in total. The molecule has 0 aliphatic heterocycles. The first-order valence-corrected chi connectivity index (χ1v) is 9.93. The van der Waals surface area contributed by atoms with Crippen molar-refractivity contribution in [1.82, 2.24) is 14.5 Å². The van der Waals surface area contributed by atoms with Crippen molar-refractivity contribution in [3.8, 4) is 0 Å². The van der Waals surface area contributed by atoms with Crippen LogP contribution in [0, 0.1) is 18.6 Å². The number of carbonyl (C=O) groups is 1. The number of amides is 1. The number of hydrogen-bond acceptors (Lipinski definition) is 4. The Kier molecular flexibility index (Phi) is 5.35. The summed E-state index contributed by atoms with van der Waals surface area (Å²) in [6.07, 6.45) is 5.85. The van der Waals surface area contributed by atoms with E-state index in [9.17, 15) is 13.6 Å². The second-order valence-corrected chi connectivity index (χ2v) is 7.66. The van der Waals surface area contributed by atoms with Crippen molar-refractivity contribution >= 4 is 32.6 Å². The SMILES string of the molecule is Cc1cccc2sc(N(CCCn3ccnc3)C(=O)c3ccc(F)cc3F)nc12. The minimum absolute atomic E-state index is 0.176. The van der Waals surface area contributed by atoms with Crippen molar-refractivity contribution in [2.75, 3.05) is 11.4 Å². The first-order chi connectivity index (χ1) is 14.0. The molecule has 0 bridgehead atoms. The number of para-hydroxylation sites is 1. The zero-order valence-electron chi connectivity index (χ0n) is 15.7. The first-order valence-electron chi connectivity index (χ1n) is 9.12. The zero-order valence-corrected chi connectivity index (χ0v) is 16.5. The molecule has 0 saturated heterocycles. The molecule has 0 unspecified atom stereocenters. The Bertz CT molecular complexity index is 1160. The fourth-order valence-electron chi connectivity index (χ4n) is 3.11. The molecule has 2 heterocycles. The van der Waals surface area contributed by atoms with Crippen LogP contribution < -0.4 is 4.90 Å². The lowest BCUT2D eigenvalue weighted by Crippen LogP contribution is -2.33. The van der Waals surface area contributed by atoms with Gasteiger partial charge in [0.05, 0.1) is 22.1 Å². The summed E-state index contributed by atoms with van der Waals surface area (Å²) in [6, 6.07) is 8.81. The van der Waals surface area contributed by atoms with Crippen molar-refractivity contribution in [1.29, 1.82) is 0 Å². The van der Waals surface area contributed by atoms with Gasteiger partial charge in [0.2, 0.25) is 0 Å². The number of nitrogens with zero attached hydrogens (tertiary/aromatic N) is 4. The summed E-state index contributed by atoms with van der Waals surface area (Å²) in [5, 5.41) is 0.494. The number of aromatic nitrogens is 3. The quantitative estimate of drug-likeness (QED) is 0.456. The Morgan fingerprint density at radius 3 is 2.83 bits per heavy atom. The van der Waals surface area contributed by atoms with Crippen LogP contribution in [-0.2, 0) is 6.54 Å². The molecule has 0 aliphatic rings. The third-order valence-electron chi connectivity index (χ3n) is 4.60. The Hall–Kier alpha value is -3.13. The Morgan fingerprint density at radius 1 is 1.24 bits per heavy atom. The summed E-state index contributed by atoms with van der Waals surface area (Å²) < 4.78 is 30.4. The van der Waals surface area contributed by atoms with E-state index >= 15 is 0 Å². The lowest BCUT2D eigenvalue weighted by Gasteiger charge is -2.20. The van der Waals surface area contributed by atoms with E-state index in [1.807, 2.05) is 35.9 Å². The van der Waals surface area contributed by atoms with Crippen molar-refractivity contribution in [2.45, 2.75) is 19.9 Å². The molecule has 0 fully saturated rings. The van der Waals surface area contributed by atoms with Crippen LogP contribution >= 0.6 is 11.3 Å². The molecular weight excluding hydrogens is 394 g/mol. The maximum absolute atomic E-state index is 14.3. The van der Waals surface area contributed by atoms with Crippen LogP contribution in [-0.4, -0.2) is 27.0 Å². The lowest BCUT2D eigenvalue weighted by molar-refractivity contribution is 0.0982. The lowest BCUT2D eigenvalue weighted by atomic mass is 10.1. The van der Waals surface area contributed by atoms with Gasteiger partial charge in [-0.25, -0.2) is 18.7 Å². The highest BCUT2D eigenvalue weighted by Gasteiger charge is 2.24. The van der Waals surface area contributed by atoms with Crippen molar-refractivity contribution < 1.29 is 13.6 Å². The summed E-state index contributed by atoms with van der Waals surface area (Å²) in [4.78, 5) is 23.2. The molecule has 0 N–H and O–H groups in total. The molecule has 0 radical (unpaired) electrons. The highest BCUT2D eigenvalue weighted by Crippen LogP contribution is 2.31. The largest absolute Gasteiger partial charge is 0.337 e. The number of benzene rings is 2. The summed E-state index contributed by atoms with van der Waals surface area (Å²) in [5.74, 6) is -2.14. The van der Waals surface area contributed by atoms with E-state index in [1.54, 1.807) is 12.5 Å². The van der Waals surface area contributed by atoms with E-state index in [1.165, 1.54) is 22.3 Å². The highest BCUT2D eigenvalue weighted by molar-refractivity contribution is 7.22. The molecule has 148 valence electrons. The topological polar surface area (TPSA) is 51.0 Å². The third-order valence-corrected chi connectivity index (χ3v) is 5.65. The maximum atomic E-state index is 14.3. The summed E-state index contributed by atoms with van der Waals surface area (Å²) >= 11 is 1.38. The third kappa shape index (κ3) is 4.02. The van der Waals surface area contributed by atoms with Crippen LogP contribution in [0.15, 0.2) is 55.1 Å². The Balaban J connectivity index is 1.67. The van der Waals surface area contributed by atoms with E-state index in [-0.39, 0.29) is 5.56 Å². The van der Waals surface area contributed by atoms with Gasteiger partial charge in [0.25, 0.3) is 5.91 Å². The Labute approximate surface area is 170 Å². The van der Waals surface area contributed by atoms with E-state index in [0.717, 1.165) is 27.9 Å². The molecule has 29 heavy (non-hydrogen) atoms. The van der Waals surface area contributed by atoms with E-state index in [0.29, 0.717) is 24.6 Å². The number of halogens is 2. The number of hydrogen-bond donors (Lipinski definition) is 0. The highest BCUT2D eigenvalue weighted by atomic mass is 32.1. The van der Waals surface area contributed by atoms with Crippen LogP contribution in [0.25, 0.3) is 10.2 Å². The molecule has 0 saturated carbocycles. The van der Waals surface area contributed by atoms with Crippen LogP contribution in [0.3, 0.4) is 0 Å². The predicted octanol–water partition coefficient (Wildman–Crippen LogP) is 4.82. The second-order valence-electron chi connectivity index (χ2n) is 6.65. The molecule has 0 aliphatic carbocycles. The van der Waals surface area contributed by atoms with Crippen LogP contribution in [0.2, 0.25) is 0 Å². The van der Waals surface area contributed by atoms with Crippen molar-refractivity contribution in [3.63, 3.8) is 0 Å². The standard InChI is InChI=1S/C21H18F2N4OS/c1-14-4-2-5-18-19(14)25-21(29-18)27(10-3-9-26-11-8-24-13-26)20(28)16-7-6-15(22)12-17(16)23/h2,4-8,11-13H,3,9-10H2,1H3. The number of carbonyl (C=O) groups excluding carboxylic acids is 1. The fourth-order valence-corrected chi connectivity index (χ4v) is 4.18. The van der Waals surface area contributed by atoms with Crippen molar-refractivity contribution in [3.05, 3.63) is 77.9 Å². The van der Waals surface area contributed by atoms with Gasteiger partial charge in [0.15, 0.2) is 5.13 Å². The van der Waals surface area contributed by atoms with Crippen LogP contribution in [0.1, 0.15) is 22.3 Å². The number of aryl methyl sites for hydroxylation is 2. The molecule has 0 atom stereocenters. The second kappa shape index (κ2) is 8.08. The molecule has 1 amide bonds. The molecule has 4 rings (SSSR count). The molecule has 2 aromatic carbocycles. The smallest absolute Gasteiger partial charge is 0.263 e. The van der Waals surface area contributed by atoms with Crippen LogP contribution in [0.4, 0.5) is 13.9 Å². The molecular formula is C21H18F2N4OS. The summed E-state index contributed by atoms with van der Waals surface area (Å²) in [5.41, 5.74) is 1.65. The zero-order chi connectivity index (χ0) is 20.4. The maximum Gasteiger partial charge on any atom is 0.263 e. The molecule has 4 aromatic rings. The molecule has 0 spiro atoms.